The highest BCUT2D eigenvalue weighted by molar-refractivity contribution is 7.13. The van der Waals surface area contributed by atoms with E-state index in [1.165, 1.54) is 4.90 Å². The van der Waals surface area contributed by atoms with Crippen LogP contribution in [0.15, 0.2) is 72.2 Å². The Balaban J connectivity index is 0.831. The van der Waals surface area contributed by atoms with E-state index in [1.54, 1.807) is 29.5 Å². The third kappa shape index (κ3) is 11.6. The number of aryl methyl sites for hydroxylation is 1. The Bertz CT molecular complexity index is 2550. The number of amides is 4. The monoisotopic (exact) mass is 993 g/mol. The zero-order chi connectivity index (χ0) is 50.7. The number of aliphatic hydroxyl groups is 1. The van der Waals surface area contributed by atoms with Crippen LogP contribution in [-0.2, 0) is 19.1 Å². The van der Waals surface area contributed by atoms with E-state index in [2.05, 4.69) is 59.6 Å². The Morgan fingerprint density at radius 1 is 0.986 bits per heavy atom. The van der Waals surface area contributed by atoms with Crippen molar-refractivity contribution in [3.05, 3.63) is 99.6 Å². The predicted molar refractivity (Wildman–Crippen MR) is 273 cm³/mol. The lowest BCUT2D eigenvalue weighted by Gasteiger charge is -2.63. The highest BCUT2D eigenvalue weighted by atomic mass is 35.5. The normalized spacial score (nSPS) is 21.7. The van der Waals surface area contributed by atoms with Gasteiger partial charge in [0.05, 0.1) is 38.8 Å². The van der Waals surface area contributed by atoms with Crippen LogP contribution in [-0.4, -0.2) is 102 Å². The Kier molecular flexibility index (Phi) is 16.0. The molecule has 3 aliphatic rings. The highest BCUT2D eigenvalue weighted by Crippen LogP contribution is 2.55. The fraction of sp³-hybridized carbons (Fsp3) is 0.519. The first-order valence-electron chi connectivity index (χ1n) is 24.3. The summed E-state index contributed by atoms with van der Waals surface area (Å²) in [4.78, 5) is 63.8. The van der Waals surface area contributed by atoms with Gasteiger partial charge in [-0.15, -0.1) is 11.3 Å². The second-order valence-corrected chi connectivity index (χ2v) is 22.8. The van der Waals surface area contributed by atoms with E-state index in [4.69, 9.17) is 21.1 Å². The van der Waals surface area contributed by atoms with Crippen LogP contribution in [0.1, 0.15) is 114 Å². The smallest absolute Gasteiger partial charge is 0.251 e. The summed E-state index contributed by atoms with van der Waals surface area (Å²) in [5, 5.41) is 29.5. The maximum absolute atomic E-state index is 14.1. The van der Waals surface area contributed by atoms with Gasteiger partial charge in [0.2, 0.25) is 17.7 Å². The number of nitrogens with zero attached hydrogens (tertiary/aromatic N) is 4. The molecule has 0 bridgehead atoms. The van der Waals surface area contributed by atoms with E-state index >= 15 is 0 Å². The lowest BCUT2D eigenvalue weighted by molar-refractivity contribution is -0.164. The van der Waals surface area contributed by atoms with Crippen LogP contribution in [0.25, 0.3) is 10.4 Å². The summed E-state index contributed by atoms with van der Waals surface area (Å²) < 4.78 is 12.2. The predicted octanol–water partition coefficient (Wildman–Crippen LogP) is 8.25. The van der Waals surface area contributed by atoms with Crippen molar-refractivity contribution in [2.24, 2.45) is 22.2 Å². The fourth-order valence-electron chi connectivity index (χ4n) is 10.7. The van der Waals surface area contributed by atoms with Crippen LogP contribution in [0.4, 0.5) is 5.69 Å². The molecule has 7 rings (SSSR count). The van der Waals surface area contributed by atoms with Crippen LogP contribution in [0, 0.1) is 40.4 Å². The van der Waals surface area contributed by atoms with Crippen molar-refractivity contribution in [3.63, 3.8) is 0 Å². The molecule has 4 amide bonds. The van der Waals surface area contributed by atoms with Gasteiger partial charge in [0.25, 0.3) is 5.91 Å². The van der Waals surface area contributed by atoms with Gasteiger partial charge in [-0.25, -0.2) is 4.98 Å². The molecule has 14 nitrogen and oxygen atoms in total. The number of rotatable bonds is 16. The average Bonchev–Trinajstić information content (AvgIpc) is 3.95. The largest absolute Gasteiger partial charge is 0.489 e. The molecule has 16 heteroatoms. The number of hydrogen-bond donors (Lipinski definition) is 4. The van der Waals surface area contributed by atoms with Crippen molar-refractivity contribution < 1.29 is 33.8 Å². The molecule has 3 heterocycles. The second-order valence-electron chi connectivity index (χ2n) is 21.5. The van der Waals surface area contributed by atoms with Crippen LogP contribution < -0.4 is 25.6 Å². The number of hydrogen-bond acceptors (Lipinski definition) is 11. The molecule has 1 aromatic heterocycles. The zero-order valence-corrected chi connectivity index (χ0v) is 43.4. The molecule has 1 saturated carbocycles. The number of anilines is 1. The van der Waals surface area contributed by atoms with Gasteiger partial charge in [-0.1, -0.05) is 84.3 Å². The summed E-state index contributed by atoms with van der Waals surface area (Å²) in [5.41, 5.74) is 5.33. The Labute approximate surface area is 421 Å². The molecule has 1 unspecified atom stereocenters. The highest BCUT2D eigenvalue weighted by Gasteiger charge is 2.64. The van der Waals surface area contributed by atoms with Gasteiger partial charge in [0.15, 0.2) is 0 Å². The topological polar surface area (TPSA) is 186 Å². The molecule has 374 valence electrons. The third-order valence-corrected chi connectivity index (χ3v) is 15.8. The van der Waals surface area contributed by atoms with Gasteiger partial charge in [0.1, 0.15) is 36.6 Å². The number of β-amino-alcohol motifs (C(OH)–C–C–N with tert-alkyl or cyclic N) is 1. The summed E-state index contributed by atoms with van der Waals surface area (Å²) in [7, 11) is 0. The molecular weight excluding hydrogens is 926 g/mol. The van der Waals surface area contributed by atoms with Crippen molar-refractivity contribution >= 4 is 52.3 Å². The lowest BCUT2D eigenvalue weighted by Crippen LogP contribution is -2.74. The van der Waals surface area contributed by atoms with Crippen LogP contribution in [0.2, 0.25) is 5.02 Å². The van der Waals surface area contributed by atoms with Gasteiger partial charge in [-0.3, -0.25) is 19.2 Å². The number of carbonyl (C=O) groups is 4. The van der Waals surface area contributed by atoms with E-state index in [9.17, 15) is 29.5 Å². The van der Waals surface area contributed by atoms with Gasteiger partial charge in [-0.2, -0.15) is 5.26 Å². The molecule has 3 aromatic carbocycles. The molecule has 70 heavy (non-hydrogen) atoms. The molecule has 2 aliphatic heterocycles. The first-order valence-corrected chi connectivity index (χ1v) is 25.5. The lowest BCUT2D eigenvalue weighted by atomic mass is 9.49. The quantitative estimate of drug-likeness (QED) is 0.0797. The van der Waals surface area contributed by atoms with E-state index in [0.717, 1.165) is 59.7 Å². The number of ether oxygens (including phenoxy) is 2. The van der Waals surface area contributed by atoms with E-state index in [-0.39, 0.29) is 60.4 Å². The Hall–Kier alpha value is -5.53. The fourth-order valence-corrected chi connectivity index (χ4v) is 11.8. The van der Waals surface area contributed by atoms with Crippen molar-refractivity contribution in [1.82, 2.24) is 25.8 Å². The maximum atomic E-state index is 14.1. The molecule has 0 radical (unpaired) electrons. The summed E-state index contributed by atoms with van der Waals surface area (Å²) in [6.45, 7) is 19.7. The summed E-state index contributed by atoms with van der Waals surface area (Å²) in [6, 6.07) is 20.5. The molecule has 4 aromatic rings. The third-order valence-electron chi connectivity index (χ3n) is 14.5. The van der Waals surface area contributed by atoms with Crippen molar-refractivity contribution in [2.75, 3.05) is 37.7 Å². The minimum Gasteiger partial charge on any atom is -0.489 e. The molecule has 2 saturated heterocycles. The number of piperidine rings is 1. The van der Waals surface area contributed by atoms with E-state index in [1.807, 2.05) is 88.7 Å². The second kappa shape index (κ2) is 21.4. The van der Waals surface area contributed by atoms with Crippen molar-refractivity contribution in [3.8, 4) is 22.3 Å². The van der Waals surface area contributed by atoms with Gasteiger partial charge < -0.3 is 40.3 Å². The van der Waals surface area contributed by atoms with E-state index < -0.39 is 35.4 Å². The molecular formula is C54H68ClN7O7S. The van der Waals surface area contributed by atoms with E-state index in [0.29, 0.717) is 34.4 Å². The zero-order valence-electron chi connectivity index (χ0n) is 41.8. The molecule has 0 spiro atoms. The van der Waals surface area contributed by atoms with Gasteiger partial charge in [0, 0.05) is 66.9 Å². The molecule has 3 fully saturated rings. The number of thiazole rings is 1. The SMILES string of the molecule is Cc1ncsc1-c1ccc([C@H](C)NC(=O)[C@@H]2C[C@@H](O)CN2C(=O)C(NC(=O)COCCC2CCN(c3ccc(C(=O)N[C@H]4C(C)(C)[C@H](Oc5ccc(C#N)c(Cl)c5)C4(C)C)cc3)CC2)C(C)(C)C)cc1. The van der Waals surface area contributed by atoms with Crippen molar-refractivity contribution in [1.29, 1.82) is 5.26 Å². The first-order chi connectivity index (χ1) is 33.1. The number of carbonyl (C=O) groups excluding carboxylic acids is 4. The van der Waals surface area contributed by atoms with Crippen LogP contribution in [0.3, 0.4) is 0 Å². The number of aromatic nitrogens is 1. The van der Waals surface area contributed by atoms with Crippen LogP contribution >= 0.6 is 22.9 Å². The number of nitriles is 1. The number of nitrogens with one attached hydrogen (secondary N) is 3. The van der Waals surface area contributed by atoms with Crippen molar-refractivity contribution in [2.45, 2.75) is 124 Å². The minimum atomic E-state index is -0.949. The van der Waals surface area contributed by atoms with Gasteiger partial charge in [-0.05, 0) is 92.0 Å². The number of halogens is 1. The summed E-state index contributed by atoms with van der Waals surface area (Å²) in [6.07, 6.45) is 1.73. The van der Waals surface area contributed by atoms with Crippen LogP contribution in [0.5, 0.6) is 5.75 Å². The first kappa shape index (κ1) is 52.3. The minimum absolute atomic E-state index is 0.00956. The standard InChI is InChI=1S/C54H68ClN7O7S/c1-32(35-10-12-36(13-11-35)45-33(2)57-31-70-45)58-48(66)43-26-40(63)29-62(43)49(67)46(52(3,4)5)59-44(64)30-68-25-22-34-20-23-61(24-21-34)39-17-14-37(15-18-39)47(65)60-50-53(6,7)51(54(50,8)9)69-41-19-16-38(28-56)42(55)27-41/h10-19,27,31-32,34,40,43,46,50-51,63H,20-26,29-30H2,1-9H3,(H,58,66)(H,59,64)(H,60,65)/t32-,40+,43-,46?,50-,51-/m0/s1. The number of aliphatic hydroxyl groups excluding tert-OH is 1. The molecule has 4 N–H and O–H groups in total. The molecule has 1 aliphatic carbocycles. The Morgan fingerprint density at radius 2 is 1.66 bits per heavy atom. The maximum Gasteiger partial charge on any atom is 0.251 e. The number of benzene rings is 3. The number of likely N-dealkylation sites (tertiary alicyclic amines) is 1. The van der Waals surface area contributed by atoms with Gasteiger partial charge >= 0.3 is 0 Å². The summed E-state index contributed by atoms with van der Waals surface area (Å²) >= 11 is 7.84. The molecule has 4 atom stereocenters. The summed E-state index contributed by atoms with van der Waals surface area (Å²) in [5.74, 6) is -0.341. The Morgan fingerprint density at radius 3 is 2.26 bits per heavy atom. The average molecular weight is 995 g/mol.